The fourth-order valence-corrected chi connectivity index (χ4v) is 1.67. The molecule has 0 aliphatic carbocycles. The van der Waals surface area contributed by atoms with Crippen molar-refractivity contribution in [3.8, 4) is 11.3 Å². The Morgan fingerprint density at radius 3 is 2.45 bits per heavy atom. The molecule has 0 aliphatic rings. The Morgan fingerprint density at radius 2 is 1.90 bits per heavy atom. The van der Waals surface area contributed by atoms with Gasteiger partial charge in [-0.05, 0) is 18.2 Å². The normalized spacial score (nSPS) is 11.4. The number of aromatic nitrogens is 2. The number of alkyl halides is 3. The van der Waals surface area contributed by atoms with Crippen LogP contribution in [0.2, 0.25) is 5.02 Å². The molecule has 2 rings (SSSR count). The second-order valence-electron chi connectivity index (χ2n) is 3.78. The molecule has 2 aromatic rings. The van der Waals surface area contributed by atoms with Gasteiger partial charge in [-0.1, -0.05) is 23.7 Å². The van der Waals surface area contributed by atoms with Crippen LogP contribution in [0, 0.1) is 0 Å². The quantitative estimate of drug-likeness (QED) is 0.922. The van der Waals surface area contributed by atoms with E-state index in [9.17, 15) is 18.0 Å². The van der Waals surface area contributed by atoms with E-state index < -0.39 is 23.7 Å². The molecule has 8 heteroatoms. The Balaban J connectivity index is 2.64. The predicted octanol–water partition coefficient (Wildman–Crippen LogP) is 3.51. The summed E-state index contributed by atoms with van der Waals surface area (Å²) in [6.45, 7) is 0. The first-order valence-corrected chi connectivity index (χ1v) is 5.60. The van der Waals surface area contributed by atoms with Crippen LogP contribution in [0.15, 0.2) is 30.3 Å². The van der Waals surface area contributed by atoms with Crippen molar-refractivity contribution in [3.05, 3.63) is 46.9 Å². The first-order valence-electron chi connectivity index (χ1n) is 5.23. The highest BCUT2D eigenvalue weighted by Crippen LogP contribution is 2.30. The molecule has 0 aliphatic heterocycles. The number of aromatic carboxylic acids is 1. The predicted molar refractivity (Wildman–Crippen MR) is 64.4 cm³/mol. The second-order valence-corrected chi connectivity index (χ2v) is 4.21. The van der Waals surface area contributed by atoms with E-state index in [2.05, 4.69) is 9.97 Å². The lowest BCUT2D eigenvalue weighted by Gasteiger charge is -2.09. The van der Waals surface area contributed by atoms with E-state index >= 15 is 0 Å². The molecular weight excluding hydrogens is 297 g/mol. The van der Waals surface area contributed by atoms with E-state index in [1.807, 2.05) is 0 Å². The van der Waals surface area contributed by atoms with Gasteiger partial charge in [0.1, 0.15) is 5.69 Å². The van der Waals surface area contributed by atoms with Crippen LogP contribution in [0.1, 0.15) is 16.3 Å². The number of carbonyl (C=O) groups is 1. The molecule has 0 bridgehead atoms. The van der Waals surface area contributed by atoms with Gasteiger partial charge in [-0.25, -0.2) is 14.8 Å². The maximum absolute atomic E-state index is 12.7. The van der Waals surface area contributed by atoms with Gasteiger partial charge in [0.25, 0.3) is 0 Å². The molecule has 4 nitrogen and oxygen atoms in total. The van der Waals surface area contributed by atoms with Gasteiger partial charge < -0.3 is 5.11 Å². The maximum atomic E-state index is 12.7. The highest BCUT2D eigenvalue weighted by Gasteiger charge is 2.34. The summed E-state index contributed by atoms with van der Waals surface area (Å²) in [5, 5.41) is 9.08. The highest BCUT2D eigenvalue weighted by molar-refractivity contribution is 6.30. The number of halogens is 4. The smallest absolute Gasteiger partial charge is 0.433 e. The monoisotopic (exact) mass is 302 g/mol. The van der Waals surface area contributed by atoms with E-state index in [0.29, 0.717) is 11.1 Å². The lowest BCUT2D eigenvalue weighted by molar-refractivity contribution is -0.141. The fourth-order valence-electron chi connectivity index (χ4n) is 1.48. The van der Waals surface area contributed by atoms with Crippen molar-refractivity contribution in [1.82, 2.24) is 9.97 Å². The van der Waals surface area contributed by atoms with Crippen LogP contribution in [0.3, 0.4) is 0 Å². The van der Waals surface area contributed by atoms with Gasteiger partial charge in [-0.2, -0.15) is 13.2 Å². The standard InChI is InChI=1S/C12H6ClF3N2O2/c13-7-3-1-2-6(4-7)8-5-9(12(14,15)16)18-10(17-8)11(19)20/h1-5H,(H,19,20). The molecule has 0 radical (unpaired) electrons. The fraction of sp³-hybridized carbons (Fsp3) is 0.0833. The lowest BCUT2D eigenvalue weighted by atomic mass is 10.1. The Kier molecular flexibility index (Phi) is 3.63. The molecule has 0 amide bonds. The number of carboxylic acids is 1. The van der Waals surface area contributed by atoms with Gasteiger partial charge in [0.15, 0.2) is 0 Å². The third kappa shape index (κ3) is 3.05. The zero-order valence-corrected chi connectivity index (χ0v) is 10.4. The minimum Gasteiger partial charge on any atom is -0.475 e. The van der Waals surface area contributed by atoms with Crippen molar-refractivity contribution in [2.24, 2.45) is 0 Å². The van der Waals surface area contributed by atoms with Gasteiger partial charge in [-0.15, -0.1) is 0 Å². The van der Waals surface area contributed by atoms with E-state index in [-0.39, 0.29) is 11.3 Å². The van der Waals surface area contributed by atoms with Crippen molar-refractivity contribution >= 4 is 17.6 Å². The Hall–Kier alpha value is -2.15. The van der Waals surface area contributed by atoms with Crippen LogP contribution in [-0.2, 0) is 6.18 Å². The van der Waals surface area contributed by atoms with Gasteiger partial charge in [0, 0.05) is 10.6 Å². The molecule has 0 fully saturated rings. The number of hydrogen-bond donors (Lipinski definition) is 1. The highest BCUT2D eigenvalue weighted by atomic mass is 35.5. The summed E-state index contributed by atoms with van der Waals surface area (Å²) in [4.78, 5) is 17.4. The Labute approximate surface area is 115 Å². The number of rotatable bonds is 2. The first kappa shape index (κ1) is 14.3. The average Bonchev–Trinajstić information content (AvgIpc) is 2.37. The van der Waals surface area contributed by atoms with E-state index in [1.54, 1.807) is 0 Å². The Bertz CT molecular complexity index is 674. The maximum Gasteiger partial charge on any atom is 0.433 e. The van der Waals surface area contributed by atoms with Crippen molar-refractivity contribution in [3.63, 3.8) is 0 Å². The van der Waals surface area contributed by atoms with E-state index in [1.165, 1.54) is 24.3 Å². The summed E-state index contributed by atoms with van der Waals surface area (Å²) in [7, 11) is 0. The van der Waals surface area contributed by atoms with Gasteiger partial charge in [-0.3, -0.25) is 0 Å². The molecule has 0 atom stereocenters. The molecule has 20 heavy (non-hydrogen) atoms. The molecule has 1 heterocycles. The second kappa shape index (κ2) is 5.09. The van der Waals surface area contributed by atoms with Gasteiger partial charge in [0.2, 0.25) is 5.82 Å². The summed E-state index contributed by atoms with van der Waals surface area (Å²) in [6, 6.07) is 6.59. The van der Waals surface area contributed by atoms with Crippen LogP contribution in [0.25, 0.3) is 11.3 Å². The van der Waals surface area contributed by atoms with Gasteiger partial charge >= 0.3 is 12.1 Å². The first-order chi connectivity index (χ1) is 9.27. The van der Waals surface area contributed by atoms with Crippen LogP contribution in [0.4, 0.5) is 13.2 Å². The van der Waals surface area contributed by atoms with Crippen molar-refractivity contribution in [1.29, 1.82) is 0 Å². The van der Waals surface area contributed by atoms with Crippen molar-refractivity contribution in [2.75, 3.05) is 0 Å². The zero-order valence-electron chi connectivity index (χ0n) is 9.65. The molecule has 104 valence electrons. The molecule has 1 aromatic carbocycles. The summed E-state index contributed by atoms with van der Waals surface area (Å²) in [6.07, 6.45) is -4.76. The molecule has 0 saturated heterocycles. The summed E-state index contributed by atoms with van der Waals surface area (Å²) in [5.41, 5.74) is -1.21. The molecule has 0 saturated carbocycles. The molecule has 1 N–H and O–H groups in total. The van der Waals surface area contributed by atoms with E-state index in [4.69, 9.17) is 16.7 Å². The van der Waals surface area contributed by atoms with Crippen LogP contribution >= 0.6 is 11.6 Å². The third-order valence-corrected chi connectivity index (χ3v) is 2.56. The molecule has 1 aromatic heterocycles. The van der Waals surface area contributed by atoms with Crippen molar-refractivity contribution in [2.45, 2.75) is 6.18 Å². The van der Waals surface area contributed by atoms with Crippen LogP contribution in [0.5, 0.6) is 0 Å². The largest absolute Gasteiger partial charge is 0.475 e. The van der Waals surface area contributed by atoms with Crippen molar-refractivity contribution < 1.29 is 23.1 Å². The number of carboxylic acid groups (broad SMARTS) is 1. The van der Waals surface area contributed by atoms with Crippen LogP contribution in [-0.4, -0.2) is 21.0 Å². The van der Waals surface area contributed by atoms with Crippen LogP contribution < -0.4 is 0 Å². The third-order valence-electron chi connectivity index (χ3n) is 2.33. The van der Waals surface area contributed by atoms with E-state index in [0.717, 1.165) is 0 Å². The summed E-state index contributed by atoms with van der Waals surface area (Å²) >= 11 is 5.74. The number of nitrogens with zero attached hydrogens (tertiary/aromatic N) is 2. The SMILES string of the molecule is O=C(O)c1nc(-c2cccc(Cl)c2)cc(C(F)(F)F)n1. The number of hydrogen-bond acceptors (Lipinski definition) is 3. The zero-order chi connectivity index (χ0) is 14.9. The minimum absolute atomic E-state index is 0.160. The lowest BCUT2D eigenvalue weighted by Crippen LogP contribution is -2.14. The summed E-state index contributed by atoms with van der Waals surface area (Å²) in [5.74, 6) is -2.56. The molecular formula is C12H6ClF3N2O2. The Morgan fingerprint density at radius 1 is 1.20 bits per heavy atom. The summed E-state index contributed by atoms with van der Waals surface area (Å²) < 4.78 is 38.1. The molecule has 0 spiro atoms. The van der Waals surface area contributed by atoms with Gasteiger partial charge in [0.05, 0.1) is 5.69 Å². The number of benzene rings is 1. The minimum atomic E-state index is -4.76. The topological polar surface area (TPSA) is 63.1 Å². The molecule has 0 unspecified atom stereocenters. The average molecular weight is 303 g/mol.